The highest BCUT2D eigenvalue weighted by molar-refractivity contribution is 7.15. The van der Waals surface area contributed by atoms with Gasteiger partial charge in [0, 0.05) is 48.1 Å². The number of amides is 3. The first-order chi connectivity index (χ1) is 21.7. The number of benzene rings is 2. The molecule has 3 aliphatic heterocycles. The average Bonchev–Trinajstić information content (AvgIpc) is 3.68. The molecule has 4 aromatic rings. The molecule has 0 radical (unpaired) electrons. The molecule has 0 saturated carbocycles. The van der Waals surface area contributed by atoms with Gasteiger partial charge in [-0.1, -0.05) is 6.07 Å². The van der Waals surface area contributed by atoms with E-state index in [1.165, 1.54) is 22.3 Å². The second-order valence-electron chi connectivity index (χ2n) is 11.0. The molecule has 0 aliphatic carbocycles. The highest BCUT2D eigenvalue weighted by Crippen LogP contribution is 2.33. The molecule has 14 heteroatoms. The quantitative estimate of drug-likeness (QED) is 0.348. The van der Waals surface area contributed by atoms with Gasteiger partial charge in [-0.2, -0.15) is 4.68 Å². The number of carbonyl (C=O) groups is 3. The van der Waals surface area contributed by atoms with Crippen molar-refractivity contribution in [3.8, 4) is 22.2 Å². The number of nitrogens with one attached hydrogen (secondary N) is 2. The molecular formula is C31H33N7O6S. The third-order valence-electron chi connectivity index (χ3n) is 8.12. The van der Waals surface area contributed by atoms with Gasteiger partial charge in [-0.3, -0.25) is 14.4 Å². The lowest BCUT2D eigenvalue weighted by atomic mass is 9.99. The topological polar surface area (TPSA) is 150 Å². The monoisotopic (exact) mass is 631 g/mol. The minimum Gasteiger partial charge on any atom is -0.496 e. The second-order valence-corrected chi connectivity index (χ2v) is 12.2. The van der Waals surface area contributed by atoms with Crippen LogP contribution in [0.1, 0.15) is 48.7 Å². The van der Waals surface area contributed by atoms with Crippen molar-refractivity contribution in [2.45, 2.75) is 45.9 Å². The van der Waals surface area contributed by atoms with Crippen LogP contribution < -0.4 is 24.8 Å². The molecule has 3 amide bonds. The van der Waals surface area contributed by atoms with E-state index in [-0.39, 0.29) is 37.4 Å². The third-order valence-corrected chi connectivity index (χ3v) is 9.32. The molecule has 7 rings (SSSR count). The standard InChI is InChI=1S/C31H33N7O6S/c1-17-5-6-20-11-25(17)43-15-27(39)32-13-21-7-8-22(12-26(21)42-4)44-24-9-10-37(14-23(24)34-29(20)40)30(41)28-18(2)19(3)45-31(28)38-16-33-35-36-38/h5-8,11-12,16,23-24H,9-10,13-15H2,1-4H3,(H,32,39)(H,34,40)/t23-,24+/m0/s1. The first-order valence-electron chi connectivity index (χ1n) is 14.5. The van der Waals surface area contributed by atoms with Gasteiger partial charge < -0.3 is 29.7 Å². The van der Waals surface area contributed by atoms with Crippen LogP contribution in [0.5, 0.6) is 17.2 Å². The van der Waals surface area contributed by atoms with Gasteiger partial charge in [0.25, 0.3) is 17.7 Å². The van der Waals surface area contributed by atoms with Crippen LogP contribution in [0.4, 0.5) is 0 Å². The summed E-state index contributed by atoms with van der Waals surface area (Å²) >= 11 is 1.45. The molecule has 13 nitrogen and oxygen atoms in total. The number of hydrogen-bond acceptors (Lipinski definition) is 10. The Balaban J connectivity index is 1.33. The Bertz CT molecular complexity index is 1760. The number of hydrogen-bond donors (Lipinski definition) is 2. The summed E-state index contributed by atoms with van der Waals surface area (Å²) in [5.74, 6) is 0.675. The lowest BCUT2D eigenvalue weighted by Crippen LogP contribution is -2.58. The zero-order chi connectivity index (χ0) is 31.7. The summed E-state index contributed by atoms with van der Waals surface area (Å²) in [5, 5.41) is 18.1. The van der Waals surface area contributed by atoms with E-state index in [1.54, 1.807) is 42.3 Å². The van der Waals surface area contributed by atoms with Crippen molar-refractivity contribution in [1.29, 1.82) is 0 Å². The molecule has 1 saturated heterocycles. The van der Waals surface area contributed by atoms with Crippen LogP contribution in [-0.2, 0) is 11.3 Å². The Kier molecular flexibility index (Phi) is 8.39. The van der Waals surface area contributed by atoms with Gasteiger partial charge in [-0.15, -0.1) is 16.4 Å². The maximum atomic E-state index is 14.1. The average molecular weight is 632 g/mol. The molecule has 3 aliphatic rings. The number of methoxy groups -OCH3 is 1. The Hall–Kier alpha value is -4.98. The van der Waals surface area contributed by atoms with Crippen LogP contribution in [0, 0.1) is 20.8 Å². The van der Waals surface area contributed by atoms with Crippen LogP contribution in [0.3, 0.4) is 0 Å². The number of carbonyl (C=O) groups excluding carboxylic acids is 3. The zero-order valence-corrected chi connectivity index (χ0v) is 26.1. The summed E-state index contributed by atoms with van der Waals surface area (Å²) in [5.41, 5.74) is 3.30. The van der Waals surface area contributed by atoms with Gasteiger partial charge in [0.05, 0.1) is 18.7 Å². The first kappa shape index (κ1) is 30.1. The summed E-state index contributed by atoms with van der Waals surface area (Å²) in [7, 11) is 1.55. The highest BCUT2D eigenvalue weighted by atomic mass is 32.1. The fourth-order valence-corrected chi connectivity index (χ4v) is 6.55. The number of aryl methyl sites for hydroxylation is 2. The molecule has 0 spiro atoms. The number of nitrogens with zero attached hydrogens (tertiary/aromatic N) is 5. The number of fused-ring (bicyclic) bond motifs is 7. The fraction of sp³-hybridized carbons (Fsp3) is 0.355. The maximum Gasteiger partial charge on any atom is 0.258 e. The van der Waals surface area contributed by atoms with Crippen molar-refractivity contribution in [3.05, 3.63) is 75.4 Å². The maximum absolute atomic E-state index is 14.1. The van der Waals surface area contributed by atoms with Crippen molar-refractivity contribution in [3.63, 3.8) is 0 Å². The summed E-state index contributed by atoms with van der Waals surface area (Å²) in [4.78, 5) is 43.0. The van der Waals surface area contributed by atoms with Gasteiger partial charge >= 0.3 is 0 Å². The van der Waals surface area contributed by atoms with Gasteiger partial charge in [0.15, 0.2) is 6.61 Å². The Morgan fingerprint density at radius 1 is 1.13 bits per heavy atom. The fourth-order valence-electron chi connectivity index (χ4n) is 5.49. The third kappa shape index (κ3) is 6.18. The van der Waals surface area contributed by atoms with E-state index in [1.807, 2.05) is 26.8 Å². The first-order valence-corrected chi connectivity index (χ1v) is 15.3. The van der Waals surface area contributed by atoms with E-state index in [4.69, 9.17) is 14.2 Å². The summed E-state index contributed by atoms with van der Waals surface area (Å²) in [6.45, 7) is 6.35. The van der Waals surface area contributed by atoms with E-state index in [0.29, 0.717) is 46.3 Å². The van der Waals surface area contributed by atoms with Gasteiger partial charge in [-0.25, -0.2) is 0 Å². The lowest BCUT2D eigenvalue weighted by Gasteiger charge is -2.39. The van der Waals surface area contributed by atoms with Crippen LogP contribution >= 0.6 is 11.3 Å². The number of thiophene rings is 1. The van der Waals surface area contributed by atoms with Crippen molar-refractivity contribution in [2.75, 3.05) is 26.8 Å². The van der Waals surface area contributed by atoms with E-state index < -0.39 is 12.1 Å². The van der Waals surface area contributed by atoms with Crippen molar-refractivity contribution >= 4 is 29.1 Å². The predicted octanol–water partition coefficient (Wildman–Crippen LogP) is 2.76. The summed E-state index contributed by atoms with van der Waals surface area (Å²) in [6.07, 6.45) is 1.48. The molecule has 0 unspecified atom stereocenters. The zero-order valence-electron chi connectivity index (χ0n) is 25.3. The SMILES string of the molecule is COc1cc2ccc1CNC(=O)COc1cc(ccc1C)C(=O)N[C@H]1CN(C(=O)c3c(-n4cnnn4)sc(C)c3C)CC[C@H]1O2. The van der Waals surface area contributed by atoms with Crippen molar-refractivity contribution in [2.24, 2.45) is 0 Å². The largest absolute Gasteiger partial charge is 0.496 e. The molecule has 4 bridgehead atoms. The molecule has 2 N–H and O–H groups in total. The summed E-state index contributed by atoms with van der Waals surface area (Å²) in [6, 6.07) is 9.93. The minimum atomic E-state index is -0.554. The van der Waals surface area contributed by atoms with Crippen LogP contribution in [0.15, 0.2) is 42.7 Å². The predicted molar refractivity (Wildman–Crippen MR) is 164 cm³/mol. The van der Waals surface area contributed by atoms with E-state index >= 15 is 0 Å². The second kappa shape index (κ2) is 12.6. The Labute approximate surface area is 263 Å². The number of likely N-dealkylation sites (tertiary alicyclic amines) is 1. The van der Waals surface area contributed by atoms with Crippen molar-refractivity contribution < 1.29 is 28.6 Å². The number of ether oxygens (including phenoxy) is 3. The number of rotatable bonds is 3. The molecule has 5 heterocycles. The number of piperidine rings is 1. The van der Waals surface area contributed by atoms with Gasteiger partial charge in [-0.05, 0) is 66.6 Å². The van der Waals surface area contributed by atoms with Gasteiger partial charge in [0.2, 0.25) is 0 Å². The van der Waals surface area contributed by atoms with E-state index in [0.717, 1.165) is 21.6 Å². The van der Waals surface area contributed by atoms with Gasteiger partial charge in [0.1, 0.15) is 34.7 Å². The van der Waals surface area contributed by atoms with E-state index in [2.05, 4.69) is 26.2 Å². The Morgan fingerprint density at radius 3 is 2.76 bits per heavy atom. The molecule has 2 atom stereocenters. The van der Waals surface area contributed by atoms with Crippen molar-refractivity contribution in [1.82, 2.24) is 35.7 Å². The molecule has 2 aromatic heterocycles. The molecule has 1 fully saturated rings. The molecule has 45 heavy (non-hydrogen) atoms. The number of aromatic nitrogens is 4. The van der Waals surface area contributed by atoms with Crippen LogP contribution in [0.25, 0.3) is 5.00 Å². The van der Waals surface area contributed by atoms with Crippen LogP contribution in [-0.4, -0.2) is 81.8 Å². The molecule has 2 aromatic carbocycles. The number of tetrazole rings is 1. The molecule has 234 valence electrons. The Morgan fingerprint density at radius 2 is 1.98 bits per heavy atom. The smallest absolute Gasteiger partial charge is 0.258 e. The normalized spacial score (nSPS) is 18.6. The minimum absolute atomic E-state index is 0.173. The van der Waals surface area contributed by atoms with E-state index in [9.17, 15) is 14.4 Å². The highest BCUT2D eigenvalue weighted by Gasteiger charge is 2.37. The summed E-state index contributed by atoms with van der Waals surface area (Å²) < 4.78 is 19.3. The molecular weight excluding hydrogens is 598 g/mol. The van der Waals surface area contributed by atoms with Crippen LogP contribution in [0.2, 0.25) is 0 Å². The lowest BCUT2D eigenvalue weighted by molar-refractivity contribution is -0.123.